The summed E-state index contributed by atoms with van der Waals surface area (Å²) in [4.78, 5) is 23.7. The van der Waals surface area contributed by atoms with Crippen LogP contribution in [0.3, 0.4) is 0 Å². The highest BCUT2D eigenvalue weighted by atomic mass is 16.5. The van der Waals surface area contributed by atoms with E-state index in [1.807, 2.05) is 18.2 Å². The van der Waals surface area contributed by atoms with Crippen LogP contribution in [0.4, 0.5) is 0 Å². The molecule has 0 aliphatic carbocycles. The molecule has 1 N–H and O–H groups in total. The third kappa shape index (κ3) is 4.43. The van der Waals surface area contributed by atoms with Crippen molar-refractivity contribution in [3.05, 3.63) is 65.7 Å². The Morgan fingerprint density at radius 2 is 1.55 bits per heavy atom. The zero-order valence-electron chi connectivity index (χ0n) is 12.6. The van der Waals surface area contributed by atoms with E-state index in [0.29, 0.717) is 16.9 Å². The molecule has 0 spiro atoms. The van der Waals surface area contributed by atoms with Crippen LogP contribution in [-0.4, -0.2) is 37.4 Å². The highest BCUT2D eigenvalue weighted by Crippen LogP contribution is 2.15. The molecule has 114 valence electrons. The molecule has 2 aromatic carbocycles. The molecule has 0 radical (unpaired) electrons. The van der Waals surface area contributed by atoms with Crippen LogP contribution in [0.15, 0.2) is 54.6 Å². The molecule has 0 unspecified atom stereocenters. The first kappa shape index (κ1) is 15.7. The van der Waals surface area contributed by atoms with Gasteiger partial charge in [-0.15, -0.1) is 0 Å². The summed E-state index contributed by atoms with van der Waals surface area (Å²) in [6.45, 7) is -0.0792. The number of rotatable bonds is 6. The maximum absolute atomic E-state index is 12.2. The Bertz CT molecular complexity index is 637. The van der Waals surface area contributed by atoms with E-state index in [9.17, 15) is 9.59 Å². The average Bonchev–Trinajstić information content (AvgIpc) is 2.53. The predicted molar refractivity (Wildman–Crippen MR) is 83.6 cm³/mol. The van der Waals surface area contributed by atoms with Crippen molar-refractivity contribution in [2.45, 2.75) is 0 Å². The molecular formula is C17H18N2O3. The maximum atomic E-state index is 12.2. The fourth-order valence-corrected chi connectivity index (χ4v) is 1.89. The molecular weight excluding hydrogens is 280 g/mol. The minimum atomic E-state index is -0.241. The molecule has 0 aliphatic rings. The first-order valence-corrected chi connectivity index (χ1v) is 6.85. The number of hydrazine groups is 1. The largest absolute Gasteiger partial charge is 0.484 e. The molecule has 0 atom stereocenters. The number of hydrogen-bond acceptors (Lipinski definition) is 4. The quantitative estimate of drug-likeness (QED) is 0.653. The van der Waals surface area contributed by atoms with E-state index in [4.69, 9.17) is 4.74 Å². The van der Waals surface area contributed by atoms with Crippen molar-refractivity contribution < 1.29 is 14.3 Å². The van der Waals surface area contributed by atoms with Gasteiger partial charge in [0.1, 0.15) is 5.75 Å². The highest BCUT2D eigenvalue weighted by molar-refractivity contribution is 6.08. The lowest BCUT2D eigenvalue weighted by Crippen LogP contribution is -2.39. The zero-order chi connectivity index (χ0) is 15.9. The second-order valence-electron chi connectivity index (χ2n) is 4.94. The van der Waals surface area contributed by atoms with Crippen LogP contribution in [0.5, 0.6) is 5.75 Å². The van der Waals surface area contributed by atoms with Crippen LogP contribution >= 0.6 is 0 Å². The van der Waals surface area contributed by atoms with Gasteiger partial charge in [0.25, 0.3) is 5.91 Å². The molecule has 0 bridgehead atoms. The third-order valence-electron chi connectivity index (χ3n) is 2.87. The minimum Gasteiger partial charge on any atom is -0.484 e. The van der Waals surface area contributed by atoms with E-state index in [1.54, 1.807) is 55.5 Å². The van der Waals surface area contributed by atoms with Gasteiger partial charge in [-0.25, -0.2) is 5.01 Å². The lowest BCUT2D eigenvalue weighted by Gasteiger charge is -2.12. The lowest BCUT2D eigenvalue weighted by atomic mass is 10.0. The average molecular weight is 298 g/mol. The first-order valence-electron chi connectivity index (χ1n) is 6.85. The van der Waals surface area contributed by atoms with Gasteiger partial charge in [0, 0.05) is 25.2 Å². The molecule has 2 rings (SSSR count). The van der Waals surface area contributed by atoms with Crippen LogP contribution in [0.2, 0.25) is 0 Å². The smallest absolute Gasteiger partial charge is 0.272 e. The Hall–Kier alpha value is -2.66. The number of benzene rings is 2. The van der Waals surface area contributed by atoms with Crippen molar-refractivity contribution in [3.8, 4) is 5.75 Å². The second kappa shape index (κ2) is 7.38. The molecule has 1 amide bonds. The van der Waals surface area contributed by atoms with Gasteiger partial charge < -0.3 is 4.74 Å². The Balaban J connectivity index is 1.96. The summed E-state index contributed by atoms with van der Waals surface area (Å²) in [6.07, 6.45) is 0. The normalized spacial score (nSPS) is 10.3. The van der Waals surface area contributed by atoms with Crippen molar-refractivity contribution in [1.29, 1.82) is 0 Å². The zero-order valence-corrected chi connectivity index (χ0v) is 12.6. The molecule has 2 aromatic rings. The van der Waals surface area contributed by atoms with Crippen molar-refractivity contribution in [2.75, 3.05) is 20.7 Å². The molecule has 0 heterocycles. The topological polar surface area (TPSA) is 58.6 Å². The summed E-state index contributed by atoms with van der Waals surface area (Å²) in [7, 11) is 3.45. The molecule has 5 heteroatoms. The van der Waals surface area contributed by atoms with Crippen molar-refractivity contribution >= 4 is 11.7 Å². The molecule has 0 aliphatic heterocycles. The molecule has 22 heavy (non-hydrogen) atoms. The molecule has 0 fully saturated rings. The van der Waals surface area contributed by atoms with Gasteiger partial charge in [0.05, 0.1) is 0 Å². The Morgan fingerprint density at radius 3 is 2.14 bits per heavy atom. The van der Waals surface area contributed by atoms with Gasteiger partial charge in [0.15, 0.2) is 12.4 Å². The monoisotopic (exact) mass is 298 g/mol. The first-order chi connectivity index (χ1) is 10.6. The second-order valence-corrected chi connectivity index (χ2v) is 4.94. The predicted octanol–water partition coefficient (Wildman–Crippen LogP) is 1.89. The Morgan fingerprint density at radius 1 is 0.955 bits per heavy atom. The summed E-state index contributed by atoms with van der Waals surface area (Å²) in [6, 6.07) is 15.8. The number of nitrogens with zero attached hydrogens (tertiary/aromatic N) is 1. The standard InChI is InChI=1S/C17H18N2O3/c1-19(2)18-16(20)12-22-15-10-8-14(9-11-15)17(21)13-6-4-3-5-7-13/h3-11H,12H2,1-2H3,(H,18,20). The van der Waals surface area contributed by atoms with Crippen LogP contribution < -0.4 is 10.2 Å². The van der Waals surface area contributed by atoms with E-state index in [2.05, 4.69) is 5.43 Å². The SMILES string of the molecule is CN(C)NC(=O)COc1ccc(C(=O)c2ccccc2)cc1. The van der Waals surface area contributed by atoms with Gasteiger partial charge in [-0.2, -0.15) is 0 Å². The Kier molecular flexibility index (Phi) is 5.27. The number of amides is 1. The van der Waals surface area contributed by atoms with Gasteiger partial charge in [0.2, 0.25) is 0 Å². The van der Waals surface area contributed by atoms with E-state index in [-0.39, 0.29) is 18.3 Å². The van der Waals surface area contributed by atoms with Crippen LogP contribution in [0, 0.1) is 0 Å². The number of nitrogens with one attached hydrogen (secondary N) is 1. The molecule has 0 saturated heterocycles. The van der Waals surface area contributed by atoms with Crippen molar-refractivity contribution in [2.24, 2.45) is 0 Å². The van der Waals surface area contributed by atoms with Crippen LogP contribution in [-0.2, 0) is 4.79 Å². The van der Waals surface area contributed by atoms with Gasteiger partial charge in [-0.05, 0) is 24.3 Å². The highest BCUT2D eigenvalue weighted by Gasteiger charge is 2.09. The fraction of sp³-hybridized carbons (Fsp3) is 0.176. The summed E-state index contributed by atoms with van der Waals surface area (Å²) < 4.78 is 5.36. The van der Waals surface area contributed by atoms with Gasteiger partial charge in [-0.3, -0.25) is 15.0 Å². The number of ketones is 1. The van der Waals surface area contributed by atoms with Crippen molar-refractivity contribution in [3.63, 3.8) is 0 Å². The molecule has 0 saturated carbocycles. The van der Waals surface area contributed by atoms with Crippen molar-refractivity contribution in [1.82, 2.24) is 10.4 Å². The summed E-state index contributed by atoms with van der Waals surface area (Å²) in [5, 5.41) is 1.55. The molecule has 0 aromatic heterocycles. The van der Waals surface area contributed by atoms with Gasteiger partial charge >= 0.3 is 0 Å². The van der Waals surface area contributed by atoms with Crippen LogP contribution in [0.1, 0.15) is 15.9 Å². The Labute approximate surface area is 129 Å². The third-order valence-corrected chi connectivity index (χ3v) is 2.87. The van der Waals surface area contributed by atoms with E-state index in [0.717, 1.165) is 0 Å². The summed E-state index contributed by atoms with van der Waals surface area (Å²) >= 11 is 0. The maximum Gasteiger partial charge on any atom is 0.272 e. The molecule has 5 nitrogen and oxygen atoms in total. The minimum absolute atomic E-state index is 0.0440. The van der Waals surface area contributed by atoms with Crippen LogP contribution in [0.25, 0.3) is 0 Å². The number of carbonyl (C=O) groups excluding carboxylic acids is 2. The number of ether oxygens (including phenoxy) is 1. The number of carbonyl (C=O) groups is 2. The summed E-state index contributed by atoms with van der Waals surface area (Å²) in [5.74, 6) is 0.255. The van der Waals surface area contributed by atoms with E-state index >= 15 is 0 Å². The summed E-state index contributed by atoms with van der Waals surface area (Å²) in [5.41, 5.74) is 3.80. The van der Waals surface area contributed by atoms with Gasteiger partial charge in [-0.1, -0.05) is 30.3 Å². The number of hydrogen-bond donors (Lipinski definition) is 1. The lowest BCUT2D eigenvalue weighted by molar-refractivity contribution is -0.126. The van der Waals surface area contributed by atoms with E-state index < -0.39 is 0 Å². The fourth-order valence-electron chi connectivity index (χ4n) is 1.89. The van der Waals surface area contributed by atoms with E-state index in [1.165, 1.54) is 0 Å².